The summed E-state index contributed by atoms with van der Waals surface area (Å²) < 4.78 is 19.7. The highest BCUT2D eigenvalue weighted by Gasteiger charge is 2.33. The molecule has 13 nitrogen and oxygen atoms in total. The van der Waals surface area contributed by atoms with E-state index in [2.05, 4.69) is 30.7 Å². The number of thiophene rings is 1. The zero-order valence-corrected chi connectivity index (χ0v) is 33.9. The first kappa shape index (κ1) is 37.5. The maximum atomic E-state index is 15.5. The van der Waals surface area contributed by atoms with Crippen molar-refractivity contribution in [2.75, 3.05) is 67.5 Å². The molecule has 3 N–H and O–H groups in total. The molecular weight excluding hydrogens is 770 g/mol. The third-order valence-corrected chi connectivity index (χ3v) is 13.9. The summed E-state index contributed by atoms with van der Waals surface area (Å²) >= 11 is 1.47. The summed E-state index contributed by atoms with van der Waals surface area (Å²) in [6.45, 7) is 8.88. The van der Waals surface area contributed by atoms with Crippen LogP contribution in [0.4, 0.5) is 21.5 Å². The summed E-state index contributed by atoms with van der Waals surface area (Å²) in [5, 5.41) is 10.8. The van der Waals surface area contributed by atoms with Crippen LogP contribution in [-0.4, -0.2) is 95.1 Å². The molecule has 59 heavy (non-hydrogen) atoms. The van der Waals surface area contributed by atoms with Crippen LogP contribution in [0.1, 0.15) is 48.3 Å². The maximum Gasteiger partial charge on any atom is 0.329 e. The second-order valence-electron chi connectivity index (χ2n) is 16.5. The van der Waals surface area contributed by atoms with E-state index >= 15 is 4.39 Å². The summed E-state index contributed by atoms with van der Waals surface area (Å²) in [6, 6.07) is 18.4. The molecule has 4 aliphatic rings. The molecule has 10 rings (SSSR count). The van der Waals surface area contributed by atoms with Gasteiger partial charge in [-0.15, -0.1) is 11.3 Å². The summed E-state index contributed by atoms with van der Waals surface area (Å²) in [6.07, 6.45) is 2.60. The number of benzene rings is 3. The predicted molar refractivity (Wildman–Crippen MR) is 230 cm³/mol. The highest BCUT2D eigenvalue weighted by molar-refractivity contribution is 7.21. The van der Waals surface area contributed by atoms with Gasteiger partial charge in [0.05, 0.1) is 33.6 Å². The molecule has 7 heterocycles. The molecular formula is C44H46FN9O4S. The zero-order chi connectivity index (χ0) is 40.5. The van der Waals surface area contributed by atoms with E-state index in [4.69, 9.17) is 4.98 Å². The van der Waals surface area contributed by atoms with Gasteiger partial charge < -0.3 is 20.4 Å². The van der Waals surface area contributed by atoms with Gasteiger partial charge in [0.2, 0.25) is 11.8 Å². The van der Waals surface area contributed by atoms with Crippen LogP contribution in [0.3, 0.4) is 0 Å². The van der Waals surface area contributed by atoms with Gasteiger partial charge in [0, 0.05) is 98.6 Å². The van der Waals surface area contributed by atoms with Crippen LogP contribution in [-0.2, 0) is 16.6 Å². The first-order valence-corrected chi connectivity index (χ1v) is 21.4. The lowest BCUT2D eigenvalue weighted by atomic mass is 9.95. The Bertz CT molecular complexity index is 2740. The van der Waals surface area contributed by atoms with Crippen molar-refractivity contribution in [2.45, 2.75) is 44.7 Å². The molecule has 2 atom stereocenters. The number of piperazine rings is 1. The molecule has 0 aliphatic carbocycles. The lowest BCUT2D eigenvalue weighted by Gasteiger charge is -2.40. The Morgan fingerprint density at radius 3 is 2.51 bits per heavy atom. The third-order valence-electron chi connectivity index (χ3n) is 12.7. The normalized spacial score (nSPS) is 20.8. The maximum absolute atomic E-state index is 15.5. The molecule has 4 aliphatic heterocycles. The van der Waals surface area contributed by atoms with Crippen molar-refractivity contribution in [1.29, 1.82) is 0 Å². The topological polar surface area (TPSA) is 137 Å². The number of piperidine rings is 2. The van der Waals surface area contributed by atoms with Crippen molar-refractivity contribution >= 4 is 78.1 Å². The van der Waals surface area contributed by atoms with Gasteiger partial charge in [0.15, 0.2) is 0 Å². The number of aromatic nitrogens is 3. The number of amides is 3. The Hall–Kier alpha value is -5.80. The largest absolute Gasteiger partial charge is 0.381 e. The Kier molecular flexibility index (Phi) is 9.39. The van der Waals surface area contributed by atoms with Gasteiger partial charge in [-0.3, -0.25) is 33.7 Å². The van der Waals surface area contributed by atoms with Gasteiger partial charge >= 0.3 is 5.69 Å². The van der Waals surface area contributed by atoms with Crippen LogP contribution < -0.4 is 31.4 Å². The van der Waals surface area contributed by atoms with Crippen LogP contribution in [0.2, 0.25) is 0 Å². The molecule has 1 unspecified atom stereocenters. The molecule has 0 saturated carbocycles. The summed E-state index contributed by atoms with van der Waals surface area (Å²) in [5.74, 6) is -0.552. The minimum absolute atomic E-state index is 0.0183. The van der Waals surface area contributed by atoms with Crippen LogP contribution >= 0.6 is 11.3 Å². The number of halogens is 1. The molecule has 15 heteroatoms. The second-order valence-corrected chi connectivity index (χ2v) is 17.5. The first-order valence-electron chi connectivity index (χ1n) is 20.6. The number of fused-ring (bicyclic) bond motifs is 6. The van der Waals surface area contributed by atoms with Gasteiger partial charge in [0.25, 0.3) is 5.91 Å². The first-order chi connectivity index (χ1) is 28.6. The second kappa shape index (κ2) is 14.8. The number of imidazole rings is 1. The van der Waals surface area contributed by atoms with Crippen molar-refractivity contribution in [3.63, 3.8) is 0 Å². The van der Waals surface area contributed by atoms with E-state index < -0.39 is 11.9 Å². The van der Waals surface area contributed by atoms with Crippen molar-refractivity contribution in [2.24, 2.45) is 13.0 Å². The average molecular weight is 816 g/mol. The number of imide groups is 1. The highest BCUT2D eigenvalue weighted by atomic mass is 32.1. The number of hydrogen-bond acceptors (Lipinski definition) is 10. The van der Waals surface area contributed by atoms with Gasteiger partial charge in [-0.05, 0) is 86.7 Å². The molecule has 3 amide bonds. The average Bonchev–Trinajstić information content (AvgIpc) is 3.70. The van der Waals surface area contributed by atoms with Crippen LogP contribution in [0.25, 0.3) is 43.3 Å². The monoisotopic (exact) mass is 815 g/mol. The Morgan fingerprint density at radius 1 is 0.898 bits per heavy atom. The smallest absolute Gasteiger partial charge is 0.329 e. The van der Waals surface area contributed by atoms with E-state index in [1.807, 2.05) is 61.5 Å². The van der Waals surface area contributed by atoms with Crippen molar-refractivity contribution in [3.05, 3.63) is 81.8 Å². The fourth-order valence-corrected chi connectivity index (χ4v) is 10.7. The number of hydrogen-bond donors (Lipinski definition) is 3. The van der Waals surface area contributed by atoms with E-state index in [1.165, 1.54) is 11.3 Å². The third kappa shape index (κ3) is 6.60. The fraction of sp³-hybridized carbons (Fsp3) is 0.386. The lowest BCUT2D eigenvalue weighted by molar-refractivity contribution is -0.135. The molecule has 0 bridgehead atoms. The molecule has 3 fully saturated rings. The zero-order valence-electron chi connectivity index (χ0n) is 33.1. The number of rotatable bonds is 6. The molecule has 6 aromatic rings. The molecule has 3 aromatic carbocycles. The van der Waals surface area contributed by atoms with E-state index in [9.17, 15) is 19.2 Å². The molecule has 304 valence electrons. The molecule has 0 radical (unpaired) electrons. The number of carbonyl (C=O) groups excluding carboxylic acids is 3. The molecule has 3 aromatic heterocycles. The van der Waals surface area contributed by atoms with Gasteiger partial charge in [-0.1, -0.05) is 6.07 Å². The SMILES string of the molecule is C[C@@H]1CNc2c(sc3ccc4nc(-c5cc(N6CCC(CN7CCN(c8cccc9c8n(C)c(=O)n9C8CCC(=O)NC8=O)CC7)CC6)ccc5F)ccc4c23)C(=O)N1. The number of anilines is 3. The number of nitrogens with zero attached hydrogens (tertiary/aromatic N) is 6. The van der Waals surface area contributed by atoms with Crippen LogP contribution in [0.5, 0.6) is 0 Å². The Balaban J connectivity index is 0.790. The number of para-hydroxylation sites is 1. The van der Waals surface area contributed by atoms with Crippen molar-refractivity contribution in [1.82, 2.24) is 29.7 Å². The van der Waals surface area contributed by atoms with Gasteiger partial charge in [-0.25, -0.2) is 14.2 Å². The number of pyridine rings is 1. The Morgan fingerprint density at radius 2 is 1.71 bits per heavy atom. The quantitative estimate of drug-likeness (QED) is 0.187. The van der Waals surface area contributed by atoms with E-state index in [0.717, 1.165) is 102 Å². The Labute approximate surface area is 343 Å². The van der Waals surface area contributed by atoms with E-state index in [1.54, 1.807) is 22.2 Å². The van der Waals surface area contributed by atoms with Crippen molar-refractivity contribution < 1.29 is 18.8 Å². The minimum Gasteiger partial charge on any atom is -0.381 e. The van der Waals surface area contributed by atoms with Crippen molar-refractivity contribution in [3.8, 4) is 11.3 Å². The minimum atomic E-state index is -0.710. The van der Waals surface area contributed by atoms with Gasteiger partial charge in [0.1, 0.15) is 16.7 Å². The molecule has 0 spiro atoms. The van der Waals surface area contributed by atoms with Gasteiger partial charge in [-0.2, -0.15) is 0 Å². The van der Waals surface area contributed by atoms with E-state index in [-0.39, 0.29) is 35.8 Å². The summed E-state index contributed by atoms with van der Waals surface area (Å²) in [4.78, 5) is 63.7. The van der Waals surface area contributed by atoms with Crippen LogP contribution in [0.15, 0.2) is 65.5 Å². The summed E-state index contributed by atoms with van der Waals surface area (Å²) in [7, 11) is 1.75. The lowest BCUT2D eigenvalue weighted by Crippen LogP contribution is -2.49. The van der Waals surface area contributed by atoms with E-state index in [0.29, 0.717) is 40.5 Å². The number of nitrogens with one attached hydrogen (secondary N) is 3. The standard InChI is InChI=1S/C44H46FN9O4S/c1-25-23-46-39-38-28-7-9-32(48-31(28)10-12-36(38)59-41(39)43(57)47-25)29-22-27(6-8-30(29)45)52-16-14-26(15-17-52)24-51-18-20-53(21-19-51)33-4-3-5-34-40(33)50(2)44(58)54(34)35-11-13-37(55)49-42(35)56/h3-10,12,22,25-26,35,46H,11,13-21,23-24H2,1-2H3,(H,47,57)(H,49,55,56)/t25-,35?/m1/s1. The fourth-order valence-electron chi connectivity index (χ4n) is 9.59. The number of carbonyl (C=O) groups is 3. The predicted octanol–water partition coefficient (Wildman–Crippen LogP) is 5.47. The number of aryl methyl sites for hydroxylation is 1. The van der Waals surface area contributed by atoms with Crippen LogP contribution in [0, 0.1) is 11.7 Å². The molecule has 3 saturated heterocycles. The highest BCUT2D eigenvalue weighted by Crippen LogP contribution is 2.42. The summed E-state index contributed by atoms with van der Waals surface area (Å²) in [5.41, 5.74) is 5.89.